The van der Waals surface area contributed by atoms with Crippen molar-refractivity contribution in [3.63, 3.8) is 0 Å². The zero-order valence-electron chi connectivity index (χ0n) is 10.6. The molecule has 0 spiro atoms. The summed E-state index contributed by atoms with van der Waals surface area (Å²) in [4.78, 5) is 16.0. The average Bonchev–Trinajstić information content (AvgIpc) is 2.97. The van der Waals surface area contributed by atoms with Gasteiger partial charge >= 0.3 is 0 Å². The molecule has 1 aromatic heterocycles. The van der Waals surface area contributed by atoms with Crippen molar-refractivity contribution in [2.24, 2.45) is 0 Å². The molecule has 0 radical (unpaired) electrons. The number of hydrogen-bond acceptors (Lipinski definition) is 3. The lowest BCUT2D eigenvalue weighted by Crippen LogP contribution is -2.13. The number of anilines is 1. The van der Waals surface area contributed by atoms with Gasteiger partial charge in [0.25, 0.3) is 5.91 Å². The van der Waals surface area contributed by atoms with Crippen molar-refractivity contribution in [1.29, 1.82) is 0 Å². The van der Waals surface area contributed by atoms with Crippen molar-refractivity contribution in [2.75, 3.05) is 5.32 Å². The van der Waals surface area contributed by atoms with Crippen LogP contribution in [0.25, 0.3) is 5.69 Å². The molecule has 1 heterocycles. The van der Waals surface area contributed by atoms with Gasteiger partial charge in [-0.3, -0.25) is 10.1 Å². The van der Waals surface area contributed by atoms with Crippen molar-refractivity contribution in [3.05, 3.63) is 72.6 Å². The minimum atomic E-state index is -0.226. The topological polar surface area (TPSA) is 59.8 Å². The van der Waals surface area contributed by atoms with E-state index < -0.39 is 0 Å². The standard InChI is InChI=1S/C15H12N4O/c20-14(12-7-3-1-4-8-12)17-15-16-11-19(18-15)13-9-5-2-6-10-13/h1-11H,(H,17,18,20). The summed E-state index contributed by atoms with van der Waals surface area (Å²) in [5, 5.41) is 6.89. The fraction of sp³-hybridized carbons (Fsp3) is 0. The number of aromatic nitrogens is 3. The third kappa shape index (κ3) is 2.56. The highest BCUT2D eigenvalue weighted by molar-refractivity contribution is 6.03. The van der Waals surface area contributed by atoms with E-state index >= 15 is 0 Å². The number of hydrogen-bond donors (Lipinski definition) is 1. The molecule has 0 aliphatic rings. The smallest absolute Gasteiger partial charge is 0.258 e. The number of carbonyl (C=O) groups is 1. The van der Waals surface area contributed by atoms with Gasteiger partial charge in [-0.15, -0.1) is 5.10 Å². The summed E-state index contributed by atoms with van der Waals surface area (Å²) in [5.74, 6) is 0.0547. The Morgan fingerprint density at radius 1 is 0.950 bits per heavy atom. The molecule has 0 aliphatic carbocycles. The van der Waals surface area contributed by atoms with Crippen LogP contribution in [0.2, 0.25) is 0 Å². The van der Waals surface area contributed by atoms with E-state index in [4.69, 9.17) is 0 Å². The summed E-state index contributed by atoms with van der Waals surface area (Å²) in [7, 11) is 0. The van der Waals surface area contributed by atoms with Crippen molar-refractivity contribution < 1.29 is 4.79 Å². The molecule has 98 valence electrons. The number of rotatable bonds is 3. The van der Waals surface area contributed by atoms with Gasteiger partial charge < -0.3 is 0 Å². The zero-order valence-corrected chi connectivity index (χ0v) is 10.6. The number of amides is 1. The van der Waals surface area contributed by atoms with E-state index in [1.165, 1.54) is 0 Å². The van der Waals surface area contributed by atoms with E-state index in [1.54, 1.807) is 23.1 Å². The zero-order chi connectivity index (χ0) is 13.8. The molecule has 3 rings (SSSR count). The molecule has 0 bridgehead atoms. The molecule has 0 saturated carbocycles. The second-order valence-electron chi connectivity index (χ2n) is 4.17. The van der Waals surface area contributed by atoms with Crippen LogP contribution >= 0.6 is 0 Å². The molecule has 3 aromatic rings. The first-order valence-electron chi connectivity index (χ1n) is 6.16. The van der Waals surface area contributed by atoms with Crippen LogP contribution in [0.15, 0.2) is 67.0 Å². The summed E-state index contributed by atoms with van der Waals surface area (Å²) in [6.07, 6.45) is 1.57. The van der Waals surface area contributed by atoms with Crippen LogP contribution in [-0.4, -0.2) is 20.7 Å². The molecule has 2 aromatic carbocycles. The Morgan fingerprint density at radius 2 is 1.60 bits per heavy atom. The second kappa shape index (κ2) is 5.36. The minimum Gasteiger partial charge on any atom is -0.289 e. The molecule has 0 unspecified atom stereocenters. The lowest BCUT2D eigenvalue weighted by Gasteiger charge is -2.00. The van der Waals surface area contributed by atoms with Gasteiger partial charge in [-0.2, -0.15) is 4.98 Å². The van der Waals surface area contributed by atoms with Crippen molar-refractivity contribution in [2.45, 2.75) is 0 Å². The van der Waals surface area contributed by atoms with E-state index in [0.717, 1.165) is 5.69 Å². The molecule has 0 saturated heterocycles. The monoisotopic (exact) mass is 264 g/mol. The molecular formula is C15H12N4O. The molecule has 5 nitrogen and oxygen atoms in total. The number of carbonyl (C=O) groups excluding carboxylic acids is 1. The van der Waals surface area contributed by atoms with Crippen molar-refractivity contribution >= 4 is 11.9 Å². The lowest BCUT2D eigenvalue weighted by atomic mass is 10.2. The maximum absolute atomic E-state index is 12.0. The van der Waals surface area contributed by atoms with Crippen molar-refractivity contribution in [3.8, 4) is 5.69 Å². The van der Waals surface area contributed by atoms with Crippen LogP contribution in [-0.2, 0) is 0 Å². The van der Waals surface area contributed by atoms with Crippen LogP contribution in [0.1, 0.15) is 10.4 Å². The van der Waals surface area contributed by atoms with Gasteiger partial charge in [-0.25, -0.2) is 4.68 Å². The molecule has 0 aliphatic heterocycles. The van der Waals surface area contributed by atoms with E-state index in [0.29, 0.717) is 5.56 Å². The Hall–Kier alpha value is -2.95. The van der Waals surface area contributed by atoms with Crippen LogP contribution in [0.4, 0.5) is 5.95 Å². The van der Waals surface area contributed by atoms with Crippen LogP contribution < -0.4 is 5.32 Å². The quantitative estimate of drug-likeness (QED) is 0.790. The largest absolute Gasteiger partial charge is 0.289 e. The summed E-state index contributed by atoms with van der Waals surface area (Å²) >= 11 is 0. The highest BCUT2D eigenvalue weighted by atomic mass is 16.1. The SMILES string of the molecule is O=C(Nc1ncn(-c2ccccc2)n1)c1ccccc1. The first-order valence-corrected chi connectivity index (χ1v) is 6.16. The summed E-state index contributed by atoms with van der Waals surface area (Å²) in [6, 6.07) is 18.5. The third-order valence-electron chi connectivity index (χ3n) is 2.77. The molecule has 5 heteroatoms. The minimum absolute atomic E-state index is 0.226. The second-order valence-corrected chi connectivity index (χ2v) is 4.17. The van der Waals surface area contributed by atoms with Crippen LogP contribution in [0.3, 0.4) is 0 Å². The Labute approximate surface area is 115 Å². The lowest BCUT2D eigenvalue weighted by molar-refractivity contribution is 0.102. The normalized spacial score (nSPS) is 10.2. The Kier molecular flexibility index (Phi) is 3.24. The Morgan fingerprint density at radius 3 is 2.30 bits per heavy atom. The number of nitrogens with one attached hydrogen (secondary N) is 1. The third-order valence-corrected chi connectivity index (χ3v) is 2.77. The first kappa shape index (κ1) is 12.1. The van der Waals surface area contributed by atoms with E-state index in [-0.39, 0.29) is 11.9 Å². The molecule has 1 N–H and O–H groups in total. The van der Waals surface area contributed by atoms with Gasteiger partial charge in [0, 0.05) is 5.56 Å². The average molecular weight is 264 g/mol. The van der Waals surface area contributed by atoms with Crippen LogP contribution in [0.5, 0.6) is 0 Å². The molecule has 0 fully saturated rings. The highest BCUT2D eigenvalue weighted by Crippen LogP contribution is 2.08. The predicted octanol–water partition coefficient (Wildman–Crippen LogP) is 2.52. The predicted molar refractivity (Wildman–Crippen MR) is 75.8 cm³/mol. The molecule has 1 amide bonds. The fourth-order valence-electron chi connectivity index (χ4n) is 1.79. The molecule has 20 heavy (non-hydrogen) atoms. The van der Waals surface area contributed by atoms with Crippen LogP contribution in [0, 0.1) is 0 Å². The van der Waals surface area contributed by atoms with E-state index in [2.05, 4.69) is 15.4 Å². The van der Waals surface area contributed by atoms with Gasteiger partial charge in [-0.1, -0.05) is 36.4 Å². The fourth-order valence-corrected chi connectivity index (χ4v) is 1.79. The number of para-hydroxylation sites is 1. The Bertz CT molecular complexity index is 707. The van der Waals surface area contributed by atoms with Gasteiger partial charge in [0.05, 0.1) is 5.69 Å². The van der Waals surface area contributed by atoms with Gasteiger partial charge in [0.2, 0.25) is 5.95 Å². The van der Waals surface area contributed by atoms with Gasteiger partial charge in [-0.05, 0) is 24.3 Å². The number of benzene rings is 2. The van der Waals surface area contributed by atoms with E-state index in [9.17, 15) is 4.79 Å². The maximum Gasteiger partial charge on any atom is 0.258 e. The highest BCUT2D eigenvalue weighted by Gasteiger charge is 2.08. The summed E-state index contributed by atoms with van der Waals surface area (Å²) in [6.45, 7) is 0. The van der Waals surface area contributed by atoms with E-state index in [1.807, 2.05) is 48.5 Å². The van der Waals surface area contributed by atoms with Gasteiger partial charge in [0.1, 0.15) is 6.33 Å². The summed E-state index contributed by atoms with van der Waals surface area (Å²) in [5.41, 5.74) is 1.46. The first-order chi connectivity index (χ1) is 9.83. The number of nitrogens with zero attached hydrogens (tertiary/aromatic N) is 3. The Balaban J connectivity index is 1.77. The maximum atomic E-state index is 12.0. The van der Waals surface area contributed by atoms with Gasteiger partial charge in [0.15, 0.2) is 0 Å². The van der Waals surface area contributed by atoms with Crippen molar-refractivity contribution in [1.82, 2.24) is 14.8 Å². The molecular weight excluding hydrogens is 252 g/mol. The molecule has 0 atom stereocenters. The summed E-state index contributed by atoms with van der Waals surface area (Å²) < 4.78 is 1.61.